The highest BCUT2D eigenvalue weighted by Crippen LogP contribution is 2.24. The highest BCUT2D eigenvalue weighted by atomic mass is 16.5. The minimum atomic E-state index is 0.0652. The molecule has 0 radical (unpaired) electrons. The molecule has 7 nitrogen and oxygen atoms in total. The Morgan fingerprint density at radius 3 is 2.76 bits per heavy atom. The maximum Gasteiger partial charge on any atom is 0.223 e. The first-order valence-corrected chi connectivity index (χ1v) is 10.4. The van der Waals surface area contributed by atoms with E-state index in [1.54, 1.807) is 6.20 Å². The number of carbonyl (C=O) groups is 1. The number of pyridine rings is 1. The number of aryl methyl sites for hydroxylation is 1. The molecule has 2 aromatic rings. The van der Waals surface area contributed by atoms with Gasteiger partial charge in [0.05, 0.1) is 6.10 Å². The van der Waals surface area contributed by atoms with Gasteiger partial charge in [-0.3, -0.25) is 9.78 Å². The van der Waals surface area contributed by atoms with E-state index in [2.05, 4.69) is 20.2 Å². The molecule has 29 heavy (non-hydrogen) atoms. The lowest BCUT2D eigenvalue weighted by Crippen LogP contribution is -2.41. The van der Waals surface area contributed by atoms with Gasteiger partial charge in [-0.25, -0.2) is 9.97 Å². The molecule has 0 aromatic carbocycles. The van der Waals surface area contributed by atoms with Crippen molar-refractivity contribution < 1.29 is 9.53 Å². The Labute approximate surface area is 172 Å². The minimum Gasteiger partial charge on any atom is -0.379 e. The molecule has 2 aromatic heterocycles. The molecule has 0 atom stereocenters. The van der Waals surface area contributed by atoms with Gasteiger partial charge in [0.15, 0.2) is 5.82 Å². The van der Waals surface area contributed by atoms with Crippen LogP contribution in [0.5, 0.6) is 0 Å². The summed E-state index contributed by atoms with van der Waals surface area (Å²) in [5.74, 6) is 1.77. The van der Waals surface area contributed by atoms with Gasteiger partial charge in [0.25, 0.3) is 0 Å². The van der Waals surface area contributed by atoms with Crippen LogP contribution >= 0.6 is 0 Å². The molecule has 3 heterocycles. The molecule has 0 bridgehead atoms. The number of amides is 1. The molecule has 1 aliphatic heterocycles. The lowest BCUT2D eigenvalue weighted by molar-refractivity contribution is -0.125. The van der Waals surface area contributed by atoms with Gasteiger partial charge in [-0.05, 0) is 52.2 Å². The highest BCUT2D eigenvalue weighted by molar-refractivity contribution is 5.78. The molecule has 1 N–H and O–H groups in total. The number of hydrogen-bond acceptors (Lipinski definition) is 6. The quantitative estimate of drug-likeness (QED) is 0.690. The number of hydrogen-bond donors (Lipinski definition) is 1. The molecule has 0 spiro atoms. The third-order valence-electron chi connectivity index (χ3n) is 5.00. The molecule has 3 rings (SSSR count). The first-order chi connectivity index (χ1) is 14.0. The van der Waals surface area contributed by atoms with Gasteiger partial charge in [-0.15, -0.1) is 0 Å². The minimum absolute atomic E-state index is 0.0652. The summed E-state index contributed by atoms with van der Waals surface area (Å²) in [7, 11) is 0. The van der Waals surface area contributed by atoms with Crippen LogP contribution in [0.2, 0.25) is 0 Å². The van der Waals surface area contributed by atoms with Gasteiger partial charge >= 0.3 is 0 Å². The van der Waals surface area contributed by atoms with Crippen molar-refractivity contribution in [2.24, 2.45) is 5.92 Å². The number of ether oxygens (including phenoxy) is 1. The van der Waals surface area contributed by atoms with E-state index < -0.39 is 0 Å². The van der Waals surface area contributed by atoms with Gasteiger partial charge in [-0.2, -0.15) is 0 Å². The van der Waals surface area contributed by atoms with E-state index in [1.165, 1.54) is 0 Å². The number of piperidine rings is 1. The fraction of sp³-hybridized carbons (Fsp3) is 0.545. The van der Waals surface area contributed by atoms with Gasteiger partial charge in [0, 0.05) is 50.1 Å². The van der Waals surface area contributed by atoms with Gasteiger partial charge in [0.2, 0.25) is 5.91 Å². The predicted molar refractivity (Wildman–Crippen MR) is 114 cm³/mol. The lowest BCUT2D eigenvalue weighted by atomic mass is 9.96. The van der Waals surface area contributed by atoms with Crippen LogP contribution in [0.3, 0.4) is 0 Å². The van der Waals surface area contributed by atoms with Crippen molar-refractivity contribution in [3.8, 4) is 11.5 Å². The summed E-state index contributed by atoms with van der Waals surface area (Å²) in [6.07, 6.45) is 4.49. The van der Waals surface area contributed by atoms with Gasteiger partial charge in [-0.1, -0.05) is 6.07 Å². The number of carbonyl (C=O) groups excluding carboxylic acids is 1. The zero-order valence-corrected chi connectivity index (χ0v) is 17.6. The van der Waals surface area contributed by atoms with E-state index in [0.29, 0.717) is 19.0 Å². The Morgan fingerprint density at radius 2 is 2.07 bits per heavy atom. The monoisotopic (exact) mass is 397 g/mol. The number of nitrogens with one attached hydrogen (secondary N) is 1. The van der Waals surface area contributed by atoms with Gasteiger partial charge < -0.3 is 15.0 Å². The average Bonchev–Trinajstić information content (AvgIpc) is 2.73. The van der Waals surface area contributed by atoms with Crippen molar-refractivity contribution >= 4 is 11.7 Å². The second-order valence-corrected chi connectivity index (χ2v) is 7.73. The van der Waals surface area contributed by atoms with Crippen LogP contribution in [-0.4, -0.2) is 53.2 Å². The van der Waals surface area contributed by atoms with Crippen molar-refractivity contribution in [1.29, 1.82) is 0 Å². The smallest absolute Gasteiger partial charge is 0.223 e. The molecule has 1 saturated heterocycles. The number of rotatable bonds is 8. The Kier molecular flexibility index (Phi) is 7.52. The number of aromatic nitrogens is 3. The van der Waals surface area contributed by atoms with Crippen molar-refractivity contribution in [3.05, 3.63) is 36.2 Å². The highest BCUT2D eigenvalue weighted by Gasteiger charge is 2.25. The Morgan fingerprint density at radius 1 is 1.28 bits per heavy atom. The first kappa shape index (κ1) is 21.2. The van der Waals surface area contributed by atoms with Crippen LogP contribution in [-0.2, 0) is 9.53 Å². The second kappa shape index (κ2) is 10.3. The van der Waals surface area contributed by atoms with E-state index in [9.17, 15) is 4.79 Å². The molecule has 1 aliphatic rings. The van der Waals surface area contributed by atoms with Gasteiger partial charge in [0.1, 0.15) is 11.5 Å². The Hall–Kier alpha value is -2.54. The maximum absolute atomic E-state index is 12.4. The predicted octanol–water partition coefficient (Wildman–Crippen LogP) is 2.99. The third kappa shape index (κ3) is 6.22. The summed E-state index contributed by atoms with van der Waals surface area (Å²) in [5, 5.41) is 3.05. The first-order valence-electron chi connectivity index (χ1n) is 10.4. The summed E-state index contributed by atoms with van der Waals surface area (Å²) in [5.41, 5.74) is 1.69. The second-order valence-electron chi connectivity index (χ2n) is 7.73. The van der Waals surface area contributed by atoms with E-state index in [4.69, 9.17) is 9.72 Å². The lowest BCUT2D eigenvalue weighted by Gasteiger charge is -2.32. The zero-order valence-electron chi connectivity index (χ0n) is 17.6. The molecule has 1 fully saturated rings. The SMILES string of the molecule is Cc1cc(N2CCC(C(=O)NCCCOC(C)C)CC2)nc(-c2ccccn2)n1. The molecular weight excluding hydrogens is 366 g/mol. The standard InChI is InChI=1S/C22H31N5O2/c1-16(2)29-14-6-11-24-22(28)18-8-12-27(13-9-18)20-15-17(3)25-21(26-20)19-7-4-5-10-23-19/h4-5,7,10,15-16,18H,6,8-9,11-14H2,1-3H3,(H,24,28). The fourth-order valence-electron chi connectivity index (χ4n) is 3.44. The maximum atomic E-state index is 12.4. The topological polar surface area (TPSA) is 80.2 Å². The van der Waals surface area contributed by atoms with Crippen molar-refractivity contribution in [2.45, 2.75) is 46.1 Å². The summed E-state index contributed by atoms with van der Waals surface area (Å²) >= 11 is 0. The molecule has 1 amide bonds. The van der Waals surface area contributed by atoms with Crippen LogP contribution in [0, 0.1) is 12.8 Å². The summed E-state index contributed by atoms with van der Waals surface area (Å²) in [4.78, 5) is 28.3. The molecule has 0 saturated carbocycles. The average molecular weight is 398 g/mol. The van der Waals surface area contributed by atoms with Crippen molar-refractivity contribution in [1.82, 2.24) is 20.3 Å². The molecule has 156 valence electrons. The van der Waals surface area contributed by atoms with E-state index in [0.717, 1.165) is 49.6 Å². The summed E-state index contributed by atoms with van der Waals surface area (Å²) in [6.45, 7) is 8.99. The van der Waals surface area contributed by atoms with Crippen molar-refractivity contribution in [3.63, 3.8) is 0 Å². The van der Waals surface area contributed by atoms with Crippen LogP contribution in [0.1, 0.15) is 38.8 Å². The number of nitrogens with zero attached hydrogens (tertiary/aromatic N) is 4. The fourth-order valence-corrected chi connectivity index (χ4v) is 3.44. The molecule has 7 heteroatoms. The van der Waals surface area contributed by atoms with Crippen LogP contribution in [0.4, 0.5) is 5.82 Å². The van der Waals surface area contributed by atoms with E-state index in [-0.39, 0.29) is 17.9 Å². The normalized spacial score (nSPS) is 15.0. The van der Waals surface area contributed by atoms with Crippen LogP contribution in [0.15, 0.2) is 30.5 Å². The summed E-state index contributed by atoms with van der Waals surface area (Å²) < 4.78 is 5.51. The Balaban J connectivity index is 1.52. The zero-order chi connectivity index (χ0) is 20.6. The molecule has 0 aliphatic carbocycles. The number of anilines is 1. The Bertz CT molecular complexity index is 789. The van der Waals surface area contributed by atoms with Crippen LogP contribution in [0.25, 0.3) is 11.5 Å². The third-order valence-corrected chi connectivity index (χ3v) is 5.00. The van der Waals surface area contributed by atoms with Crippen molar-refractivity contribution in [2.75, 3.05) is 31.1 Å². The van der Waals surface area contributed by atoms with E-state index >= 15 is 0 Å². The molecular formula is C22H31N5O2. The van der Waals surface area contributed by atoms with Crippen LogP contribution < -0.4 is 10.2 Å². The summed E-state index contributed by atoms with van der Waals surface area (Å²) in [6, 6.07) is 7.74. The van der Waals surface area contributed by atoms with E-state index in [1.807, 2.05) is 45.0 Å². The largest absolute Gasteiger partial charge is 0.379 e. The molecule has 0 unspecified atom stereocenters.